The van der Waals surface area contributed by atoms with E-state index in [0.29, 0.717) is 13.1 Å². The van der Waals surface area contributed by atoms with Gasteiger partial charge in [0, 0.05) is 20.0 Å². The summed E-state index contributed by atoms with van der Waals surface area (Å²) in [6, 6.07) is 1.79. The molecule has 0 bridgehead atoms. The maximum absolute atomic E-state index is 10.9. The van der Waals surface area contributed by atoms with Gasteiger partial charge in [0.15, 0.2) is 0 Å². The van der Waals surface area contributed by atoms with Gasteiger partial charge in [0.2, 0.25) is 11.8 Å². The third-order valence-electron chi connectivity index (χ3n) is 1.93. The molecule has 13 heavy (non-hydrogen) atoms. The average molecular weight is 181 g/mol. The Morgan fingerprint density at radius 1 is 1.62 bits per heavy atom. The highest BCUT2D eigenvalue weighted by Crippen LogP contribution is 2.07. The lowest BCUT2D eigenvalue weighted by Crippen LogP contribution is -2.60. The van der Waals surface area contributed by atoms with Crippen LogP contribution in [0.4, 0.5) is 0 Å². The molecule has 0 saturated carbocycles. The lowest BCUT2D eigenvalue weighted by atomic mass is 10.1. The number of likely N-dealkylation sites (tertiary alicyclic amines) is 1. The summed E-state index contributed by atoms with van der Waals surface area (Å²) >= 11 is 0. The van der Waals surface area contributed by atoms with E-state index in [4.69, 9.17) is 5.26 Å². The highest BCUT2D eigenvalue weighted by Gasteiger charge is 2.29. The van der Waals surface area contributed by atoms with E-state index in [1.54, 1.807) is 11.0 Å². The number of carbonyl (C=O) groups is 2. The molecule has 1 N–H and O–H groups in total. The third kappa shape index (κ3) is 2.44. The Bertz CT molecular complexity index is 263. The summed E-state index contributed by atoms with van der Waals surface area (Å²) in [5, 5.41) is 10.9. The van der Waals surface area contributed by atoms with Crippen molar-refractivity contribution in [1.82, 2.24) is 10.2 Å². The van der Waals surface area contributed by atoms with Gasteiger partial charge < -0.3 is 10.2 Å². The van der Waals surface area contributed by atoms with E-state index in [2.05, 4.69) is 5.32 Å². The second kappa shape index (κ2) is 3.90. The number of hydrogen-bond donors (Lipinski definition) is 1. The molecule has 1 aliphatic rings. The molecule has 0 unspecified atom stereocenters. The van der Waals surface area contributed by atoms with Crippen molar-refractivity contribution in [3.8, 4) is 6.07 Å². The maximum atomic E-state index is 10.9. The minimum absolute atomic E-state index is 0.0192. The molecule has 0 aromatic heterocycles. The van der Waals surface area contributed by atoms with E-state index in [1.807, 2.05) is 0 Å². The number of nitrogens with zero attached hydrogens (tertiary/aromatic N) is 2. The molecule has 1 aliphatic heterocycles. The number of nitrogens with one attached hydrogen (secondary N) is 1. The summed E-state index contributed by atoms with van der Waals surface area (Å²) in [4.78, 5) is 23.3. The molecule has 0 aromatic carbocycles. The van der Waals surface area contributed by atoms with Gasteiger partial charge >= 0.3 is 0 Å². The molecule has 0 aliphatic carbocycles. The molecule has 5 heteroatoms. The van der Waals surface area contributed by atoms with Crippen molar-refractivity contribution in [2.75, 3.05) is 13.1 Å². The molecule has 70 valence electrons. The van der Waals surface area contributed by atoms with E-state index in [1.165, 1.54) is 6.92 Å². The topological polar surface area (TPSA) is 73.2 Å². The van der Waals surface area contributed by atoms with E-state index in [9.17, 15) is 9.59 Å². The monoisotopic (exact) mass is 181 g/mol. The van der Waals surface area contributed by atoms with Gasteiger partial charge in [-0.2, -0.15) is 5.26 Å². The van der Waals surface area contributed by atoms with E-state index in [-0.39, 0.29) is 24.3 Å². The Morgan fingerprint density at radius 3 is 2.69 bits per heavy atom. The molecule has 2 amide bonds. The number of rotatable bonds is 2. The van der Waals surface area contributed by atoms with Crippen molar-refractivity contribution in [3.63, 3.8) is 0 Å². The second-order valence-corrected chi connectivity index (χ2v) is 3.02. The van der Waals surface area contributed by atoms with Crippen molar-refractivity contribution in [3.05, 3.63) is 0 Å². The fourth-order valence-corrected chi connectivity index (χ4v) is 1.18. The van der Waals surface area contributed by atoms with Crippen LogP contribution in [0.15, 0.2) is 0 Å². The lowest BCUT2D eigenvalue weighted by Gasteiger charge is -2.38. The highest BCUT2D eigenvalue weighted by atomic mass is 16.2. The molecular formula is C8H11N3O2. The maximum Gasteiger partial charge on any atom is 0.234 e. The van der Waals surface area contributed by atoms with E-state index in [0.717, 1.165) is 0 Å². The fourth-order valence-electron chi connectivity index (χ4n) is 1.18. The minimum Gasteiger partial charge on any atom is -0.349 e. The summed E-state index contributed by atoms with van der Waals surface area (Å²) in [7, 11) is 0. The summed E-state index contributed by atoms with van der Waals surface area (Å²) < 4.78 is 0. The first-order chi connectivity index (χ1) is 6.13. The van der Waals surface area contributed by atoms with Crippen LogP contribution in [-0.2, 0) is 9.59 Å². The molecule has 0 spiro atoms. The van der Waals surface area contributed by atoms with Crippen LogP contribution in [0.1, 0.15) is 13.3 Å². The van der Waals surface area contributed by atoms with Crippen molar-refractivity contribution in [1.29, 1.82) is 5.26 Å². The standard InChI is InChI=1S/C8H11N3O2/c1-6(12)11-4-7(5-11)10-8(13)2-3-9/h7H,2,4-5H2,1H3,(H,10,13). The van der Waals surface area contributed by atoms with Gasteiger partial charge in [-0.25, -0.2) is 0 Å². The number of amides is 2. The molecule has 0 radical (unpaired) electrons. The zero-order valence-corrected chi connectivity index (χ0v) is 7.41. The van der Waals surface area contributed by atoms with Gasteiger partial charge in [-0.3, -0.25) is 9.59 Å². The van der Waals surface area contributed by atoms with Crippen LogP contribution < -0.4 is 5.32 Å². The predicted molar refractivity (Wildman–Crippen MR) is 44.4 cm³/mol. The minimum atomic E-state index is -0.268. The van der Waals surface area contributed by atoms with Gasteiger partial charge in [-0.15, -0.1) is 0 Å². The zero-order valence-electron chi connectivity index (χ0n) is 7.41. The second-order valence-electron chi connectivity index (χ2n) is 3.02. The van der Waals surface area contributed by atoms with Gasteiger partial charge in [-0.05, 0) is 0 Å². The summed E-state index contributed by atoms with van der Waals surface area (Å²) in [5.41, 5.74) is 0. The molecule has 1 saturated heterocycles. The molecule has 1 heterocycles. The molecule has 5 nitrogen and oxygen atoms in total. The van der Waals surface area contributed by atoms with Gasteiger partial charge in [-0.1, -0.05) is 0 Å². The molecule has 1 rings (SSSR count). The molecule has 0 atom stereocenters. The van der Waals surface area contributed by atoms with Gasteiger partial charge in [0.25, 0.3) is 0 Å². The number of nitriles is 1. The summed E-state index contributed by atoms with van der Waals surface area (Å²) in [6.07, 6.45) is -0.115. The first-order valence-corrected chi connectivity index (χ1v) is 4.05. The Balaban J connectivity index is 2.19. The first kappa shape index (κ1) is 9.52. The van der Waals surface area contributed by atoms with Crippen LogP contribution in [0.3, 0.4) is 0 Å². The Morgan fingerprint density at radius 2 is 2.23 bits per heavy atom. The molecular weight excluding hydrogens is 170 g/mol. The Hall–Kier alpha value is -1.57. The number of hydrogen-bond acceptors (Lipinski definition) is 3. The van der Waals surface area contributed by atoms with E-state index < -0.39 is 0 Å². The van der Waals surface area contributed by atoms with Crippen LogP contribution in [0, 0.1) is 11.3 Å². The van der Waals surface area contributed by atoms with Crippen LogP contribution in [0.5, 0.6) is 0 Å². The number of carbonyl (C=O) groups excluding carboxylic acids is 2. The van der Waals surface area contributed by atoms with Crippen molar-refractivity contribution in [2.45, 2.75) is 19.4 Å². The summed E-state index contributed by atoms with van der Waals surface area (Å²) in [6.45, 7) is 2.62. The third-order valence-corrected chi connectivity index (χ3v) is 1.93. The van der Waals surface area contributed by atoms with Crippen molar-refractivity contribution >= 4 is 11.8 Å². The quantitative estimate of drug-likeness (QED) is 0.609. The average Bonchev–Trinajstić information content (AvgIpc) is 1.95. The van der Waals surface area contributed by atoms with Crippen LogP contribution in [0.25, 0.3) is 0 Å². The predicted octanol–water partition coefficient (Wildman–Crippen LogP) is -0.753. The Kier molecular flexibility index (Phi) is 2.85. The van der Waals surface area contributed by atoms with Crippen LogP contribution in [-0.4, -0.2) is 35.8 Å². The fraction of sp³-hybridized carbons (Fsp3) is 0.625. The smallest absolute Gasteiger partial charge is 0.234 e. The van der Waals surface area contributed by atoms with Gasteiger partial charge in [0.05, 0.1) is 12.1 Å². The van der Waals surface area contributed by atoms with E-state index >= 15 is 0 Å². The molecule has 1 fully saturated rings. The van der Waals surface area contributed by atoms with Gasteiger partial charge in [0.1, 0.15) is 6.42 Å². The largest absolute Gasteiger partial charge is 0.349 e. The first-order valence-electron chi connectivity index (χ1n) is 4.05. The van der Waals surface area contributed by atoms with Crippen LogP contribution >= 0.6 is 0 Å². The highest BCUT2D eigenvalue weighted by molar-refractivity contribution is 5.79. The lowest BCUT2D eigenvalue weighted by molar-refractivity contribution is -0.135. The van der Waals surface area contributed by atoms with Crippen molar-refractivity contribution < 1.29 is 9.59 Å². The van der Waals surface area contributed by atoms with Crippen molar-refractivity contribution in [2.24, 2.45) is 0 Å². The zero-order chi connectivity index (χ0) is 9.84. The summed E-state index contributed by atoms with van der Waals surface area (Å²) in [5.74, 6) is -0.249. The molecule has 0 aromatic rings. The Labute approximate surface area is 76.3 Å². The van der Waals surface area contributed by atoms with Crippen LogP contribution in [0.2, 0.25) is 0 Å². The SMILES string of the molecule is CC(=O)N1CC(NC(=O)CC#N)C1. The normalized spacial score (nSPS) is 15.8.